The predicted octanol–water partition coefficient (Wildman–Crippen LogP) is 2.02. The summed E-state index contributed by atoms with van der Waals surface area (Å²) in [6, 6.07) is 2.08. The molecule has 0 spiro atoms. The van der Waals surface area contributed by atoms with Gasteiger partial charge in [0.25, 0.3) is 0 Å². The molecule has 0 aliphatic carbocycles. The lowest BCUT2D eigenvalue weighted by atomic mass is 10.3. The number of rotatable bonds is 9. The van der Waals surface area contributed by atoms with E-state index in [1.54, 1.807) is 7.05 Å². The summed E-state index contributed by atoms with van der Waals surface area (Å²) >= 11 is 0. The molecule has 8 heteroatoms. The number of aryl methyl sites for hydroxylation is 3. The first kappa shape index (κ1) is 22.7. The minimum absolute atomic E-state index is 0. The molecule has 0 aliphatic rings. The van der Waals surface area contributed by atoms with Gasteiger partial charge < -0.3 is 15.4 Å². The maximum atomic E-state index is 11.2. The predicted molar refractivity (Wildman–Crippen MR) is 107 cm³/mol. The Kier molecular flexibility index (Phi) is 12.3. The van der Waals surface area contributed by atoms with Crippen LogP contribution in [-0.4, -0.2) is 48.5 Å². The van der Waals surface area contributed by atoms with Gasteiger partial charge in [0.1, 0.15) is 0 Å². The van der Waals surface area contributed by atoms with Gasteiger partial charge >= 0.3 is 5.97 Å². The number of nitrogens with zero attached hydrogens (tertiary/aromatic N) is 3. The van der Waals surface area contributed by atoms with Crippen molar-refractivity contribution in [3.05, 3.63) is 17.5 Å². The molecule has 0 aromatic carbocycles. The smallest absolute Gasteiger partial charge is 0.305 e. The molecule has 0 saturated carbocycles. The van der Waals surface area contributed by atoms with Crippen molar-refractivity contribution in [1.82, 2.24) is 20.4 Å². The van der Waals surface area contributed by atoms with Crippen molar-refractivity contribution in [2.45, 2.75) is 46.6 Å². The summed E-state index contributed by atoms with van der Waals surface area (Å²) in [7, 11) is 1.74. The molecule has 0 radical (unpaired) electrons. The van der Waals surface area contributed by atoms with E-state index in [-0.39, 0.29) is 29.9 Å². The molecule has 1 aromatic rings. The normalized spacial score (nSPS) is 10.9. The van der Waals surface area contributed by atoms with Crippen LogP contribution in [0.4, 0.5) is 0 Å². The van der Waals surface area contributed by atoms with Crippen molar-refractivity contribution in [1.29, 1.82) is 0 Å². The first-order valence-corrected chi connectivity index (χ1v) is 8.18. The third kappa shape index (κ3) is 9.09. The average Bonchev–Trinajstić information content (AvgIpc) is 2.83. The van der Waals surface area contributed by atoms with E-state index in [0.29, 0.717) is 19.6 Å². The van der Waals surface area contributed by atoms with E-state index in [1.165, 1.54) is 5.69 Å². The maximum Gasteiger partial charge on any atom is 0.305 e. The first-order chi connectivity index (χ1) is 11.1. The minimum atomic E-state index is -0.151. The third-order valence-corrected chi connectivity index (χ3v) is 3.32. The molecule has 138 valence electrons. The minimum Gasteiger partial charge on any atom is -0.466 e. The highest BCUT2D eigenvalue weighted by molar-refractivity contribution is 14.0. The number of ether oxygens (including phenoxy) is 1. The van der Waals surface area contributed by atoms with Gasteiger partial charge in [0.05, 0.1) is 12.3 Å². The van der Waals surface area contributed by atoms with E-state index < -0.39 is 0 Å². The second-order valence-electron chi connectivity index (χ2n) is 5.34. The zero-order chi connectivity index (χ0) is 17.1. The standard InChI is InChI=1S/C16H29N5O2.HI/c1-5-23-15(22)8-6-9-18-16(17-4)19-10-7-11-21-14(3)12-13(2)20-21;/h12H,5-11H2,1-4H3,(H2,17,18,19);1H. The van der Waals surface area contributed by atoms with Crippen LogP contribution in [0.3, 0.4) is 0 Å². The van der Waals surface area contributed by atoms with E-state index in [9.17, 15) is 4.79 Å². The Morgan fingerprint density at radius 3 is 2.50 bits per heavy atom. The Balaban J connectivity index is 0.00000529. The van der Waals surface area contributed by atoms with Crippen molar-refractivity contribution >= 4 is 35.9 Å². The number of nitrogens with one attached hydrogen (secondary N) is 2. The Morgan fingerprint density at radius 2 is 1.96 bits per heavy atom. The number of esters is 1. The number of hydrogen-bond acceptors (Lipinski definition) is 4. The molecule has 0 bridgehead atoms. The van der Waals surface area contributed by atoms with Gasteiger partial charge in [-0.25, -0.2) is 0 Å². The van der Waals surface area contributed by atoms with Crippen LogP contribution in [0.25, 0.3) is 0 Å². The highest BCUT2D eigenvalue weighted by Crippen LogP contribution is 2.02. The molecule has 7 nitrogen and oxygen atoms in total. The Labute approximate surface area is 161 Å². The van der Waals surface area contributed by atoms with Gasteiger partial charge in [0.15, 0.2) is 5.96 Å². The second kappa shape index (κ2) is 13.0. The molecule has 0 fully saturated rings. The van der Waals surface area contributed by atoms with Crippen LogP contribution in [0.1, 0.15) is 37.6 Å². The zero-order valence-corrected chi connectivity index (χ0v) is 17.4. The summed E-state index contributed by atoms with van der Waals surface area (Å²) < 4.78 is 6.91. The molecule has 2 N–H and O–H groups in total. The topological polar surface area (TPSA) is 80.5 Å². The maximum absolute atomic E-state index is 11.2. The van der Waals surface area contributed by atoms with Gasteiger partial charge in [-0.05, 0) is 39.7 Å². The van der Waals surface area contributed by atoms with Crippen molar-refractivity contribution < 1.29 is 9.53 Å². The molecule has 0 unspecified atom stereocenters. The molecule has 1 heterocycles. The lowest BCUT2D eigenvalue weighted by molar-refractivity contribution is -0.143. The molecular weight excluding hydrogens is 421 g/mol. The van der Waals surface area contributed by atoms with Crippen LogP contribution in [0.15, 0.2) is 11.1 Å². The number of aromatic nitrogens is 2. The van der Waals surface area contributed by atoms with Gasteiger partial charge in [-0.15, -0.1) is 24.0 Å². The molecule has 0 atom stereocenters. The van der Waals surface area contributed by atoms with Gasteiger partial charge in [-0.2, -0.15) is 5.10 Å². The van der Waals surface area contributed by atoms with Crippen molar-refractivity contribution in [3.63, 3.8) is 0 Å². The highest BCUT2D eigenvalue weighted by atomic mass is 127. The summed E-state index contributed by atoms with van der Waals surface area (Å²) in [5.74, 6) is 0.601. The van der Waals surface area contributed by atoms with E-state index in [1.807, 2.05) is 18.5 Å². The SMILES string of the molecule is CCOC(=O)CCCNC(=NC)NCCCn1nc(C)cc1C.I. The lowest BCUT2D eigenvalue weighted by Gasteiger charge is -2.12. The zero-order valence-electron chi connectivity index (χ0n) is 15.1. The lowest BCUT2D eigenvalue weighted by Crippen LogP contribution is -2.38. The fourth-order valence-electron chi connectivity index (χ4n) is 2.23. The summed E-state index contributed by atoms with van der Waals surface area (Å²) in [6.45, 7) is 8.71. The van der Waals surface area contributed by atoms with Crippen molar-refractivity contribution in [2.24, 2.45) is 4.99 Å². The Bertz CT molecular complexity index is 517. The largest absolute Gasteiger partial charge is 0.466 e. The van der Waals surface area contributed by atoms with Crippen LogP contribution < -0.4 is 10.6 Å². The highest BCUT2D eigenvalue weighted by Gasteiger charge is 2.03. The summed E-state index contributed by atoms with van der Waals surface area (Å²) in [5.41, 5.74) is 2.23. The van der Waals surface area contributed by atoms with Crippen LogP contribution in [-0.2, 0) is 16.1 Å². The summed E-state index contributed by atoms with van der Waals surface area (Å²) in [6.07, 6.45) is 2.12. The van der Waals surface area contributed by atoms with E-state index in [4.69, 9.17) is 4.74 Å². The van der Waals surface area contributed by atoms with Gasteiger partial charge in [0.2, 0.25) is 0 Å². The van der Waals surface area contributed by atoms with Crippen LogP contribution in [0.2, 0.25) is 0 Å². The number of guanidine groups is 1. The number of carbonyl (C=O) groups is 1. The second-order valence-corrected chi connectivity index (χ2v) is 5.34. The first-order valence-electron chi connectivity index (χ1n) is 8.18. The Hall–Kier alpha value is -1.32. The van der Waals surface area contributed by atoms with Gasteiger partial charge in [-0.3, -0.25) is 14.5 Å². The molecule has 1 aromatic heterocycles. The molecule has 0 amide bonds. The molecular formula is C16H30IN5O2. The van der Waals surface area contributed by atoms with Crippen LogP contribution in [0.5, 0.6) is 0 Å². The van der Waals surface area contributed by atoms with Crippen molar-refractivity contribution in [2.75, 3.05) is 26.7 Å². The van der Waals surface area contributed by atoms with E-state index in [0.717, 1.165) is 37.6 Å². The molecule has 0 saturated heterocycles. The average molecular weight is 451 g/mol. The van der Waals surface area contributed by atoms with Crippen LogP contribution in [0, 0.1) is 13.8 Å². The number of halogens is 1. The monoisotopic (exact) mass is 451 g/mol. The molecule has 0 aliphatic heterocycles. The number of aliphatic imine (C=N–C) groups is 1. The fourth-order valence-corrected chi connectivity index (χ4v) is 2.23. The van der Waals surface area contributed by atoms with E-state index >= 15 is 0 Å². The molecule has 1 rings (SSSR count). The summed E-state index contributed by atoms with van der Waals surface area (Å²) in [5, 5.41) is 10.9. The van der Waals surface area contributed by atoms with Gasteiger partial charge in [0, 0.05) is 38.8 Å². The summed E-state index contributed by atoms with van der Waals surface area (Å²) in [4.78, 5) is 15.4. The third-order valence-electron chi connectivity index (χ3n) is 3.32. The van der Waals surface area contributed by atoms with Crippen molar-refractivity contribution in [3.8, 4) is 0 Å². The number of carbonyl (C=O) groups excluding carboxylic acids is 1. The number of hydrogen-bond donors (Lipinski definition) is 2. The Morgan fingerprint density at radius 1 is 1.29 bits per heavy atom. The van der Waals surface area contributed by atoms with E-state index in [2.05, 4.69) is 33.7 Å². The molecule has 24 heavy (non-hydrogen) atoms. The van der Waals surface area contributed by atoms with Gasteiger partial charge in [-0.1, -0.05) is 0 Å². The quantitative estimate of drug-likeness (QED) is 0.198. The fraction of sp³-hybridized carbons (Fsp3) is 0.688. The van der Waals surface area contributed by atoms with Crippen LogP contribution >= 0.6 is 24.0 Å².